The van der Waals surface area contributed by atoms with Gasteiger partial charge in [-0.05, 0) is 80.1 Å². The van der Waals surface area contributed by atoms with E-state index in [1.54, 1.807) is 30.3 Å². The molecule has 9 nitrogen and oxygen atoms in total. The zero-order valence-corrected chi connectivity index (χ0v) is 22.6. The van der Waals surface area contributed by atoms with Gasteiger partial charge in [-0.15, -0.1) is 0 Å². The lowest BCUT2D eigenvalue weighted by atomic mass is 10.1. The van der Waals surface area contributed by atoms with E-state index in [1.165, 1.54) is 18.5 Å². The van der Waals surface area contributed by atoms with E-state index in [-0.39, 0.29) is 5.75 Å². The van der Waals surface area contributed by atoms with Crippen molar-refractivity contribution in [2.45, 2.75) is 25.4 Å². The summed E-state index contributed by atoms with van der Waals surface area (Å²) < 4.78 is 25.6. The zero-order chi connectivity index (χ0) is 28.8. The van der Waals surface area contributed by atoms with Gasteiger partial charge < -0.3 is 30.6 Å². The van der Waals surface area contributed by atoms with Crippen molar-refractivity contribution in [2.75, 3.05) is 11.9 Å². The molecule has 0 spiro atoms. The fraction of sp³-hybridized carbons (Fsp3) is 0.167. The van der Waals surface area contributed by atoms with Crippen LogP contribution in [0.1, 0.15) is 18.6 Å². The largest absolute Gasteiger partial charge is 0.480 e. The molecule has 0 fully saturated rings. The Hall–Kier alpha value is -4.51. The number of nitrogens with zero attached hydrogens (tertiary/aromatic N) is 2. The number of aromatic nitrogens is 2. The Kier molecular flexibility index (Phi) is 8.73. The number of fused-ring (bicyclic) bond motifs is 1. The third-order valence-electron chi connectivity index (χ3n) is 6.32. The molecular formula is C30H27ClFN5O4. The minimum absolute atomic E-state index is 0.0850. The zero-order valence-electron chi connectivity index (χ0n) is 21.8. The summed E-state index contributed by atoms with van der Waals surface area (Å²) in [5.74, 6) is 0.941. The molecule has 0 amide bonds. The lowest BCUT2D eigenvalue weighted by molar-refractivity contribution is -0.138. The molecule has 0 aliphatic heterocycles. The van der Waals surface area contributed by atoms with E-state index in [0.717, 1.165) is 22.2 Å². The van der Waals surface area contributed by atoms with Crippen LogP contribution in [0.5, 0.6) is 11.5 Å². The second-order valence-corrected chi connectivity index (χ2v) is 9.69. The number of aliphatic carboxylic acids is 1. The first-order chi connectivity index (χ1) is 19.9. The van der Waals surface area contributed by atoms with Crippen LogP contribution >= 0.6 is 11.6 Å². The monoisotopic (exact) mass is 575 g/mol. The summed E-state index contributed by atoms with van der Waals surface area (Å²) >= 11 is 6.44. The van der Waals surface area contributed by atoms with Crippen LogP contribution < -0.4 is 21.1 Å². The molecule has 1 unspecified atom stereocenters. The molecule has 2 aromatic heterocycles. The lowest BCUT2D eigenvalue weighted by Gasteiger charge is -2.12. The standard InChI is InChI=1S/C30H27ClFN5O4/c31-22-15-19(8-11-27(22)41-28-6-2-1-4-23(28)32)37-29-21-14-18(7-10-25(21)35-17-36-29)26-12-9-20(40-26)16-34-13-3-5-24(33)30(38)39/h1-2,4,6-12,14-15,17,24,34H,3,5,13,16,33H2,(H,38,39)(H,35,36,37). The molecule has 5 N–H and O–H groups in total. The van der Waals surface area contributed by atoms with E-state index in [9.17, 15) is 9.18 Å². The topological polar surface area (TPSA) is 136 Å². The Morgan fingerprint density at radius 1 is 1.07 bits per heavy atom. The van der Waals surface area contributed by atoms with E-state index in [4.69, 9.17) is 31.6 Å². The first kappa shape index (κ1) is 28.0. The number of nitrogens with two attached hydrogens (primary N) is 1. The van der Waals surface area contributed by atoms with Gasteiger partial charge in [-0.1, -0.05) is 23.7 Å². The Labute approximate surface area is 240 Å². The molecule has 1 atom stereocenters. The highest BCUT2D eigenvalue weighted by Crippen LogP contribution is 2.35. The lowest BCUT2D eigenvalue weighted by Crippen LogP contribution is -2.30. The Morgan fingerprint density at radius 3 is 2.73 bits per heavy atom. The van der Waals surface area contributed by atoms with Crippen LogP contribution in [-0.2, 0) is 11.3 Å². The van der Waals surface area contributed by atoms with Gasteiger partial charge in [0.2, 0.25) is 0 Å². The summed E-state index contributed by atoms with van der Waals surface area (Å²) in [6, 6.07) is 19.9. The van der Waals surface area contributed by atoms with E-state index >= 15 is 0 Å². The number of nitrogens with one attached hydrogen (secondary N) is 2. The van der Waals surface area contributed by atoms with Crippen molar-refractivity contribution in [3.63, 3.8) is 0 Å². The average Bonchev–Trinajstić information content (AvgIpc) is 3.44. The number of hydrogen-bond donors (Lipinski definition) is 4. The number of benzene rings is 3. The SMILES string of the molecule is NC(CCCNCc1ccc(-c2ccc3ncnc(Nc4ccc(Oc5ccccc5F)c(Cl)c4)c3c2)o1)C(=O)O. The molecule has 0 radical (unpaired) electrons. The average molecular weight is 576 g/mol. The molecule has 41 heavy (non-hydrogen) atoms. The Bertz CT molecular complexity index is 1680. The molecule has 0 bridgehead atoms. The van der Waals surface area contributed by atoms with E-state index in [2.05, 4.69) is 20.6 Å². The van der Waals surface area contributed by atoms with E-state index in [0.29, 0.717) is 54.0 Å². The number of carboxylic acid groups (broad SMARTS) is 1. The number of carbonyl (C=O) groups is 1. The van der Waals surface area contributed by atoms with Crippen LogP contribution in [0.2, 0.25) is 5.02 Å². The summed E-state index contributed by atoms with van der Waals surface area (Å²) in [4.78, 5) is 19.6. The van der Waals surface area contributed by atoms with Crippen LogP contribution in [0.4, 0.5) is 15.9 Å². The number of furan rings is 1. The normalized spacial score (nSPS) is 11.9. The molecule has 3 aromatic carbocycles. The van der Waals surface area contributed by atoms with Crippen molar-refractivity contribution < 1.29 is 23.4 Å². The molecule has 0 saturated heterocycles. The van der Waals surface area contributed by atoms with Gasteiger partial charge in [0, 0.05) is 16.6 Å². The van der Waals surface area contributed by atoms with Crippen molar-refractivity contribution in [3.05, 3.63) is 95.7 Å². The minimum atomic E-state index is -0.993. The van der Waals surface area contributed by atoms with Gasteiger partial charge in [-0.25, -0.2) is 14.4 Å². The molecule has 0 aliphatic carbocycles. The number of para-hydroxylation sites is 1. The summed E-state index contributed by atoms with van der Waals surface area (Å²) in [5.41, 5.74) is 7.78. The summed E-state index contributed by atoms with van der Waals surface area (Å²) in [7, 11) is 0. The maximum Gasteiger partial charge on any atom is 0.320 e. The van der Waals surface area contributed by atoms with E-state index in [1.807, 2.05) is 30.3 Å². The molecule has 5 aromatic rings. The highest BCUT2D eigenvalue weighted by Gasteiger charge is 2.13. The second kappa shape index (κ2) is 12.8. The van der Waals surface area contributed by atoms with Crippen molar-refractivity contribution in [1.82, 2.24) is 15.3 Å². The van der Waals surface area contributed by atoms with Crippen LogP contribution in [0.15, 0.2) is 83.5 Å². The predicted molar refractivity (Wildman–Crippen MR) is 155 cm³/mol. The fourth-order valence-corrected chi connectivity index (χ4v) is 4.38. The summed E-state index contributed by atoms with van der Waals surface area (Å²) in [5, 5.41) is 16.5. The second-order valence-electron chi connectivity index (χ2n) is 9.29. The van der Waals surface area contributed by atoms with Gasteiger partial charge in [-0.3, -0.25) is 4.79 Å². The Balaban J connectivity index is 1.27. The minimum Gasteiger partial charge on any atom is -0.480 e. The van der Waals surface area contributed by atoms with Gasteiger partial charge in [0.15, 0.2) is 11.6 Å². The number of carboxylic acids is 1. The van der Waals surface area contributed by atoms with Gasteiger partial charge in [0.25, 0.3) is 0 Å². The van der Waals surface area contributed by atoms with Crippen molar-refractivity contribution in [3.8, 4) is 22.8 Å². The molecule has 210 valence electrons. The number of rotatable bonds is 12. The van der Waals surface area contributed by atoms with Crippen LogP contribution in [0.3, 0.4) is 0 Å². The molecule has 5 rings (SSSR count). The highest BCUT2D eigenvalue weighted by molar-refractivity contribution is 6.32. The van der Waals surface area contributed by atoms with Crippen molar-refractivity contribution >= 4 is 40.0 Å². The van der Waals surface area contributed by atoms with Gasteiger partial charge in [0.05, 0.1) is 17.1 Å². The van der Waals surface area contributed by atoms with Crippen LogP contribution in [0.25, 0.3) is 22.2 Å². The molecule has 0 aliphatic rings. The first-order valence-electron chi connectivity index (χ1n) is 12.9. The van der Waals surface area contributed by atoms with Gasteiger partial charge in [0.1, 0.15) is 35.5 Å². The van der Waals surface area contributed by atoms with Crippen LogP contribution in [0, 0.1) is 5.82 Å². The molecule has 0 saturated carbocycles. The third kappa shape index (κ3) is 6.98. The molecule has 2 heterocycles. The number of anilines is 2. The third-order valence-corrected chi connectivity index (χ3v) is 6.61. The fourth-order valence-electron chi connectivity index (χ4n) is 4.16. The quantitative estimate of drug-likeness (QED) is 0.123. The highest BCUT2D eigenvalue weighted by atomic mass is 35.5. The maximum atomic E-state index is 14.0. The maximum absolute atomic E-state index is 14.0. The number of ether oxygens (including phenoxy) is 1. The first-order valence-corrected chi connectivity index (χ1v) is 13.3. The summed E-state index contributed by atoms with van der Waals surface area (Å²) in [6.45, 7) is 1.13. The van der Waals surface area contributed by atoms with Gasteiger partial charge in [-0.2, -0.15) is 0 Å². The molecule has 11 heteroatoms. The van der Waals surface area contributed by atoms with Crippen molar-refractivity contribution in [1.29, 1.82) is 0 Å². The van der Waals surface area contributed by atoms with Gasteiger partial charge >= 0.3 is 5.97 Å². The number of hydrogen-bond acceptors (Lipinski definition) is 8. The van der Waals surface area contributed by atoms with Crippen molar-refractivity contribution in [2.24, 2.45) is 5.73 Å². The van der Waals surface area contributed by atoms with Crippen LogP contribution in [-0.4, -0.2) is 33.6 Å². The predicted octanol–water partition coefficient (Wildman–Crippen LogP) is 6.50. The van der Waals surface area contributed by atoms with E-state index < -0.39 is 17.8 Å². The Morgan fingerprint density at radius 2 is 1.93 bits per heavy atom. The smallest absolute Gasteiger partial charge is 0.320 e. The molecular weight excluding hydrogens is 549 g/mol. The number of halogens is 2. The summed E-state index contributed by atoms with van der Waals surface area (Å²) in [6.07, 6.45) is 2.52.